The number of aliphatic hydroxyl groups is 3. The van der Waals surface area contributed by atoms with Crippen molar-refractivity contribution in [3.63, 3.8) is 0 Å². The van der Waals surface area contributed by atoms with Gasteiger partial charge < -0.3 is 15.3 Å². The lowest BCUT2D eigenvalue weighted by Gasteiger charge is -2.42. The molecule has 0 heterocycles. The van der Waals surface area contributed by atoms with E-state index in [2.05, 4.69) is 69.4 Å². The lowest BCUT2D eigenvalue weighted by Crippen LogP contribution is -2.61. The fourth-order valence-corrected chi connectivity index (χ4v) is 8.33. The second kappa shape index (κ2) is 44.6. The lowest BCUT2D eigenvalue weighted by atomic mass is 9.72. The van der Waals surface area contributed by atoms with Crippen molar-refractivity contribution in [1.29, 1.82) is 0 Å². The molecule has 0 rings (SSSR count). The Hall–Kier alpha value is -1.49. The van der Waals surface area contributed by atoms with Crippen molar-refractivity contribution in [2.24, 2.45) is 0 Å². The van der Waals surface area contributed by atoms with E-state index in [0.29, 0.717) is 12.8 Å². The summed E-state index contributed by atoms with van der Waals surface area (Å²) in [6, 6.07) is 0. The molecule has 0 radical (unpaired) electrons. The van der Waals surface area contributed by atoms with Crippen molar-refractivity contribution in [1.82, 2.24) is 0 Å². The zero-order valence-electron chi connectivity index (χ0n) is 39.9. The van der Waals surface area contributed by atoms with Crippen molar-refractivity contribution in [3.8, 4) is 0 Å². The maximum atomic E-state index is 13.8. The molecular weight excluding hydrogens is 725 g/mol. The Morgan fingerprint density at radius 1 is 0.373 bits per heavy atom. The van der Waals surface area contributed by atoms with E-state index in [0.717, 1.165) is 83.5 Å². The van der Waals surface area contributed by atoms with E-state index in [-0.39, 0.29) is 25.0 Å². The number of hydrogen-bond acceptors (Lipinski definition) is 4. The standard InChI is InChI=1S/C55H102O4/c1-4-7-10-13-16-19-22-25-27-29-32-35-38-41-44-47-50-54(58,52-56)55(59,53(57)49-46-43-40-37-34-31-24-21-18-15-12-9-6-3)51-48-45-42-39-36-33-30-28-26-23-20-17-14-11-8-5-2/h16-17,19-20,25-28,56,58-59H,4-15,18,21-24,29-52H2,1-3H3. The molecule has 0 bridgehead atoms. The highest BCUT2D eigenvalue weighted by atomic mass is 16.4. The molecule has 0 amide bonds. The summed E-state index contributed by atoms with van der Waals surface area (Å²) < 4.78 is 0. The summed E-state index contributed by atoms with van der Waals surface area (Å²) in [5.74, 6) is -0.264. The smallest absolute Gasteiger partial charge is 0.167 e. The second-order valence-corrected chi connectivity index (χ2v) is 18.1. The van der Waals surface area contributed by atoms with Crippen molar-refractivity contribution < 1.29 is 20.1 Å². The number of carbonyl (C=O) groups is 1. The van der Waals surface area contributed by atoms with E-state index in [1.54, 1.807) is 0 Å². The zero-order valence-corrected chi connectivity index (χ0v) is 39.9. The van der Waals surface area contributed by atoms with Gasteiger partial charge in [0.2, 0.25) is 0 Å². The molecule has 3 N–H and O–H groups in total. The highest BCUT2D eigenvalue weighted by Crippen LogP contribution is 2.35. The van der Waals surface area contributed by atoms with E-state index in [1.165, 1.54) is 141 Å². The Kier molecular flexibility index (Phi) is 43.4. The van der Waals surface area contributed by atoms with Gasteiger partial charge in [-0.2, -0.15) is 0 Å². The van der Waals surface area contributed by atoms with Gasteiger partial charge in [0.05, 0.1) is 6.61 Å². The number of rotatable bonds is 47. The molecule has 0 aliphatic heterocycles. The van der Waals surface area contributed by atoms with Crippen molar-refractivity contribution in [3.05, 3.63) is 48.6 Å². The van der Waals surface area contributed by atoms with Gasteiger partial charge in [0, 0.05) is 6.42 Å². The van der Waals surface area contributed by atoms with E-state index < -0.39 is 17.8 Å². The third kappa shape index (κ3) is 34.8. The summed E-state index contributed by atoms with van der Waals surface area (Å²) in [6.45, 7) is 6.19. The molecule has 0 aliphatic rings. The molecule has 0 aliphatic carbocycles. The monoisotopic (exact) mass is 827 g/mol. The number of ketones is 1. The number of hydrogen-bond donors (Lipinski definition) is 3. The van der Waals surface area contributed by atoms with Gasteiger partial charge in [0.1, 0.15) is 5.60 Å². The molecule has 2 atom stereocenters. The number of carbonyl (C=O) groups excluding carboxylic acids is 1. The summed E-state index contributed by atoms with van der Waals surface area (Å²) in [6.07, 6.45) is 62.2. The van der Waals surface area contributed by atoms with Crippen molar-refractivity contribution in [2.75, 3.05) is 6.61 Å². The van der Waals surface area contributed by atoms with Crippen LogP contribution in [0.2, 0.25) is 0 Å². The van der Waals surface area contributed by atoms with Gasteiger partial charge in [-0.25, -0.2) is 0 Å². The van der Waals surface area contributed by atoms with Crippen molar-refractivity contribution in [2.45, 2.75) is 289 Å². The first-order valence-corrected chi connectivity index (χ1v) is 26.1. The normalized spacial score (nSPS) is 14.4. The maximum absolute atomic E-state index is 13.8. The Balaban J connectivity index is 4.73. The molecule has 0 aromatic heterocycles. The first kappa shape index (κ1) is 57.5. The van der Waals surface area contributed by atoms with Crippen LogP contribution in [-0.2, 0) is 4.79 Å². The zero-order chi connectivity index (χ0) is 43.2. The number of allylic oxidation sites excluding steroid dienone is 8. The van der Waals surface area contributed by atoms with Crippen LogP contribution < -0.4 is 0 Å². The largest absolute Gasteiger partial charge is 0.393 e. The molecule has 0 aromatic carbocycles. The van der Waals surface area contributed by atoms with Crippen LogP contribution in [0.3, 0.4) is 0 Å². The summed E-state index contributed by atoms with van der Waals surface area (Å²) in [5, 5.41) is 34.4. The Labute approximate surface area is 368 Å². The first-order chi connectivity index (χ1) is 28.9. The summed E-state index contributed by atoms with van der Waals surface area (Å²) >= 11 is 0. The maximum Gasteiger partial charge on any atom is 0.167 e. The third-order valence-corrected chi connectivity index (χ3v) is 12.5. The number of aliphatic hydroxyl groups excluding tert-OH is 1. The van der Waals surface area contributed by atoms with Crippen LogP contribution in [0, 0.1) is 0 Å². The van der Waals surface area contributed by atoms with E-state index in [9.17, 15) is 20.1 Å². The summed E-state index contributed by atoms with van der Waals surface area (Å²) in [7, 11) is 0. The minimum Gasteiger partial charge on any atom is -0.393 e. The average molecular weight is 827 g/mol. The Bertz CT molecular complexity index is 997. The van der Waals surface area contributed by atoms with Gasteiger partial charge in [-0.3, -0.25) is 4.79 Å². The molecule has 0 spiro atoms. The van der Waals surface area contributed by atoms with E-state index in [4.69, 9.17) is 0 Å². The van der Waals surface area contributed by atoms with E-state index >= 15 is 0 Å². The van der Waals surface area contributed by atoms with Crippen LogP contribution in [-0.4, -0.2) is 38.9 Å². The Morgan fingerprint density at radius 3 is 1.03 bits per heavy atom. The number of Topliss-reactive ketones (excluding diaryl/α,β-unsaturated/α-hetero) is 1. The molecule has 2 unspecified atom stereocenters. The molecule has 0 saturated carbocycles. The van der Waals surface area contributed by atoms with Crippen LogP contribution in [0.15, 0.2) is 48.6 Å². The molecule has 0 aromatic rings. The molecular formula is C55H102O4. The molecule has 4 nitrogen and oxygen atoms in total. The highest BCUT2D eigenvalue weighted by molar-refractivity contribution is 5.88. The van der Waals surface area contributed by atoms with Gasteiger partial charge >= 0.3 is 0 Å². The fourth-order valence-electron chi connectivity index (χ4n) is 8.33. The SMILES string of the molecule is CCCCCC=CCC=CCCCCCCCCC(O)(CO)C(O)(CCCCCCCCC=CCC=CCCCCC)C(=O)CCCCCCCCCCCCCCC. The highest BCUT2D eigenvalue weighted by Gasteiger charge is 2.52. The minimum atomic E-state index is -1.88. The topological polar surface area (TPSA) is 77.8 Å². The van der Waals surface area contributed by atoms with Gasteiger partial charge in [0.15, 0.2) is 11.4 Å². The predicted octanol–water partition coefficient (Wildman–Crippen LogP) is 16.9. The number of unbranched alkanes of at least 4 members (excludes halogenated alkanes) is 30. The quantitative estimate of drug-likeness (QED) is 0.0422. The second-order valence-electron chi connectivity index (χ2n) is 18.1. The molecule has 0 fully saturated rings. The molecule has 0 saturated heterocycles. The molecule has 59 heavy (non-hydrogen) atoms. The van der Waals surface area contributed by atoms with Gasteiger partial charge in [-0.05, 0) is 83.5 Å². The van der Waals surface area contributed by atoms with Crippen molar-refractivity contribution >= 4 is 5.78 Å². The van der Waals surface area contributed by atoms with Crippen LogP contribution in [0.5, 0.6) is 0 Å². The van der Waals surface area contributed by atoms with Gasteiger partial charge in [0.25, 0.3) is 0 Å². The summed E-state index contributed by atoms with van der Waals surface area (Å²) in [4.78, 5) is 13.8. The fraction of sp³-hybridized carbons (Fsp3) is 0.836. The molecule has 346 valence electrons. The van der Waals surface area contributed by atoms with Crippen LogP contribution in [0.1, 0.15) is 278 Å². The summed E-state index contributed by atoms with van der Waals surface area (Å²) in [5.41, 5.74) is -3.67. The molecule has 4 heteroatoms. The Morgan fingerprint density at radius 2 is 0.661 bits per heavy atom. The van der Waals surface area contributed by atoms with E-state index in [1.807, 2.05) is 0 Å². The first-order valence-electron chi connectivity index (χ1n) is 26.1. The lowest BCUT2D eigenvalue weighted by molar-refractivity contribution is -0.190. The average Bonchev–Trinajstić information content (AvgIpc) is 3.24. The minimum absolute atomic E-state index is 0.234. The van der Waals surface area contributed by atoms with Crippen LogP contribution in [0.4, 0.5) is 0 Å². The van der Waals surface area contributed by atoms with Gasteiger partial charge in [-0.1, -0.05) is 236 Å². The van der Waals surface area contributed by atoms with Gasteiger partial charge in [-0.15, -0.1) is 0 Å². The van der Waals surface area contributed by atoms with Crippen LogP contribution in [0.25, 0.3) is 0 Å². The van der Waals surface area contributed by atoms with Crippen LogP contribution >= 0.6 is 0 Å². The third-order valence-electron chi connectivity index (χ3n) is 12.5. The predicted molar refractivity (Wildman–Crippen MR) is 260 cm³/mol.